The molecule has 1 heterocycles. The Kier molecular flexibility index (Phi) is 4.28. The molecule has 1 atom stereocenters. The van der Waals surface area contributed by atoms with E-state index < -0.39 is 0 Å². The van der Waals surface area contributed by atoms with E-state index in [0.29, 0.717) is 16.5 Å². The molecule has 1 aliphatic rings. The van der Waals surface area contributed by atoms with E-state index in [9.17, 15) is 4.79 Å². The van der Waals surface area contributed by atoms with Crippen LogP contribution >= 0.6 is 11.6 Å². The third-order valence-corrected chi connectivity index (χ3v) is 4.76. The quantitative estimate of drug-likeness (QED) is 0.740. The van der Waals surface area contributed by atoms with Crippen LogP contribution in [-0.2, 0) is 0 Å². The first-order valence-corrected chi connectivity index (χ1v) is 8.75. The Morgan fingerprint density at radius 3 is 2.44 bits per heavy atom. The van der Waals surface area contributed by atoms with Crippen LogP contribution in [0.4, 0.5) is 0 Å². The minimum absolute atomic E-state index is 0.0376. The summed E-state index contributed by atoms with van der Waals surface area (Å²) in [6.45, 7) is 0. The second-order valence-electron chi connectivity index (χ2n) is 6.34. The molecular weight excluding hydrogens is 334 g/mol. The van der Waals surface area contributed by atoms with Gasteiger partial charge in [-0.15, -0.1) is 0 Å². The number of nitrogens with zero attached hydrogens (tertiary/aromatic N) is 2. The second kappa shape index (κ2) is 6.73. The monoisotopic (exact) mass is 351 g/mol. The first kappa shape index (κ1) is 15.9. The molecule has 1 aromatic heterocycles. The number of hydrogen-bond donors (Lipinski definition) is 1. The van der Waals surface area contributed by atoms with Gasteiger partial charge in [0.05, 0.1) is 11.7 Å². The van der Waals surface area contributed by atoms with Gasteiger partial charge in [0.25, 0.3) is 5.91 Å². The molecule has 4 rings (SSSR count). The Morgan fingerprint density at radius 2 is 1.84 bits per heavy atom. The summed E-state index contributed by atoms with van der Waals surface area (Å²) in [5.74, 6) is 0.451. The van der Waals surface area contributed by atoms with Crippen molar-refractivity contribution in [3.05, 3.63) is 83.1 Å². The van der Waals surface area contributed by atoms with E-state index in [-0.39, 0.29) is 11.9 Å². The summed E-state index contributed by atoms with van der Waals surface area (Å²) in [6, 6.07) is 17.1. The Balaban J connectivity index is 1.50. The number of carbonyl (C=O) groups is 1. The largest absolute Gasteiger partial charge is 0.345 e. The van der Waals surface area contributed by atoms with Crippen LogP contribution in [0.15, 0.2) is 67.0 Å². The van der Waals surface area contributed by atoms with Crippen molar-refractivity contribution in [3.63, 3.8) is 0 Å². The van der Waals surface area contributed by atoms with E-state index in [1.54, 1.807) is 10.9 Å². The predicted molar refractivity (Wildman–Crippen MR) is 97.9 cm³/mol. The zero-order valence-electron chi connectivity index (χ0n) is 13.6. The summed E-state index contributed by atoms with van der Waals surface area (Å²) < 4.78 is 1.77. The highest BCUT2D eigenvalue weighted by Crippen LogP contribution is 2.41. The lowest BCUT2D eigenvalue weighted by Gasteiger charge is -2.19. The Labute approximate surface area is 151 Å². The molecule has 5 heteroatoms. The van der Waals surface area contributed by atoms with Crippen LogP contribution in [0, 0.1) is 5.92 Å². The fourth-order valence-corrected chi connectivity index (χ4v) is 3.11. The van der Waals surface area contributed by atoms with E-state index in [4.69, 9.17) is 11.6 Å². The SMILES string of the molecule is O=C(NC(c1ccc(Cl)cc1)C1CC1)c1ccc(-n2cccn2)cc1. The van der Waals surface area contributed by atoms with Gasteiger partial charge in [-0.2, -0.15) is 5.10 Å². The highest BCUT2D eigenvalue weighted by Gasteiger charge is 2.33. The predicted octanol–water partition coefficient (Wildman–Crippen LogP) is 4.41. The van der Waals surface area contributed by atoms with Crippen LogP contribution < -0.4 is 5.32 Å². The maximum Gasteiger partial charge on any atom is 0.251 e. The number of amides is 1. The first-order chi connectivity index (χ1) is 12.2. The number of aromatic nitrogens is 2. The topological polar surface area (TPSA) is 46.9 Å². The van der Waals surface area contributed by atoms with Gasteiger partial charge in [-0.1, -0.05) is 23.7 Å². The highest BCUT2D eigenvalue weighted by atomic mass is 35.5. The Bertz CT molecular complexity index is 853. The molecule has 126 valence electrons. The number of halogens is 1. The van der Waals surface area contributed by atoms with E-state index in [0.717, 1.165) is 24.1 Å². The van der Waals surface area contributed by atoms with Gasteiger partial charge in [-0.05, 0) is 66.8 Å². The molecule has 0 saturated heterocycles. The van der Waals surface area contributed by atoms with Crippen LogP contribution in [0.25, 0.3) is 5.69 Å². The van der Waals surface area contributed by atoms with Gasteiger partial charge < -0.3 is 5.32 Å². The van der Waals surface area contributed by atoms with Crippen LogP contribution in [0.3, 0.4) is 0 Å². The average molecular weight is 352 g/mol. The Morgan fingerprint density at radius 1 is 1.12 bits per heavy atom. The van der Waals surface area contributed by atoms with Gasteiger partial charge in [0, 0.05) is 23.0 Å². The van der Waals surface area contributed by atoms with Crippen LogP contribution in [0.5, 0.6) is 0 Å². The highest BCUT2D eigenvalue weighted by molar-refractivity contribution is 6.30. The van der Waals surface area contributed by atoms with Gasteiger partial charge in [-0.3, -0.25) is 4.79 Å². The molecule has 0 bridgehead atoms. The normalized spacial score (nSPS) is 14.9. The fraction of sp³-hybridized carbons (Fsp3) is 0.200. The van der Waals surface area contributed by atoms with Crippen molar-refractivity contribution in [2.75, 3.05) is 0 Å². The van der Waals surface area contributed by atoms with Gasteiger partial charge >= 0.3 is 0 Å². The van der Waals surface area contributed by atoms with Gasteiger partial charge in [0.2, 0.25) is 0 Å². The van der Waals surface area contributed by atoms with E-state index in [1.165, 1.54) is 0 Å². The molecule has 0 spiro atoms. The first-order valence-electron chi connectivity index (χ1n) is 8.37. The lowest BCUT2D eigenvalue weighted by atomic mass is 10.0. The average Bonchev–Trinajstić information content (AvgIpc) is 3.33. The van der Waals surface area contributed by atoms with Gasteiger partial charge in [0.15, 0.2) is 0 Å². The minimum Gasteiger partial charge on any atom is -0.345 e. The van der Waals surface area contributed by atoms with E-state index >= 15 is 0 Å². The molecule has 1 amide bonds. The molecule has 25 heavy (non-hydrogen) atoms. The van der Waals surface area contributed by atoms with Crippen LogP contribution in [0.2, 0.25) is 5.02 Å². The fourth-order valence-electron chi connectivity index (χ4n) is 2.98. The van der Waals surface area contributed by atoms with Crippen molar-refractivity contribution in [1.82, 2.24) is 15.1 Å². The maximum absolute atomic E-state index is 12.7. The third kappa shape index (κ3) is 3.59. The minimum atomic E-state index is -0.0566. The van der Waals surface area contributed by atoms with E-state index in [1.807, 2.05) is 60.8 Å². The Hall–Kier alpha value is -2.59. The van der Waals surface area contributed by atoms with Crippen molar-refractivity contribution < 1.29 is 4.79 Å². The summed E-state index contributed by atoms with van der Waals surface area (Å²) in [5.41, 5.74) is 2.68. The summed E-state index contributed by atoms with van der Waals surface area (Å²) >= 11 is 5.98. The molecule has 1 N–H and O–H groups in total. The van der Waals surface area contributed by atoms with Crippen LogP contribution in [-0.4, -0.2) is 15.7 Å². The molecule has 1 saturated carbocycles. The molecule has 1 unspecified atom stereocenters. The lowest BCUT2D eigenvalue weighted by Crippen LogP contribution is -2.29. The van der Waals surface area contributed by atoms with Crippen molar-refractivity contribution in [2.45, 2.75) is 18.9 Å². The van der Waals surface area contributed by atoms with Crippen molar-refractivity contribution in [2.24, 2.45) is 5.92 Å². The molecule has 4 nitrogen and oxygen atoms in total. The maximum atomic E-state index is 12.7. The number of hydrogen-bond acceptors (Lipinski definition) is 2. The molecule has 1 fully saturated rings. The third-order valence-electron chi connectivity index (χ3n) is 4.51. The lowest BCUT2D eigenvalue weighted by molar-refractivity contribution is 0.0931. The number of benzene rings is 2. The van der Waals surface area contributed by atoms with Gasteiger partial charge in [-0.25, -0.2) is 4.68 Å². The standard InChI is InChI=1S/C20H18ClN3O/c21-17-8-4-15(5-9-17)19(14-2-3-14)23-20(25)16-6-10-18(11-7-16)24-13-1-12-22-24/h1,4-14,19H,2-3H2,(H,23,25). The summed E-state index contributed by atoms with van der Waals surface area (Å²) in [7, 11) is 0. The van der Waals surface area contributed by atoms with Gasteiger partial charge in [0.1, 0.15) is 0 Å². The van der Waals surface area contributed by atoms with Crippen molar-refractivity contribution in [3.8, 4) is 5.69 Å². The van der Waals surface area contributed by atoms with Crippen molar-refractivity contribution >= 4 is 17.5 Å². The van der Waals surface area contributed by atoms with E-state index in [2.05, 4.69) is 10.4 Å². The smallest absolute Gasteiger partial charge is 0.251 e. The molecule has 0 radical (unpaired) electrons. The van der Waals surface area contributed by atoms with Crippen molar-refractivity contribution in [1.29, 1.82) is 0 Å². The molecular formula is C20H18ClN3O. The molecule has 2 aromatic carbocycles. The number of nitrogens with one attached hydrogen (secondary N) is 1. The number of carbonyl (C=O) groups excluding carboxylic acids is 1. The molecule has 1 aliphatic carbocycles. The second-order valence-corrected chi connectivity index (χ2v) is 6.77. The molecule has 0 aliphatic heterocycles. The van der Waals surface area contributed by atoms with Crippen LogP contribution in [0.1, 0.15) is 34.8 Å². The zero-order valence-corrected chi connectivity index (χ0v) is 14.4. The molecule has 3 aromatic rings. The summed E-state index contributed by atoms with van der Waals surface area (Å²) in [4.78, 5) is 12.7. The summed E-state index contributed by atoms with van der Waals surface area (Å²) in [6.07, 6.45) is 5.89. The zero-order chi connectivity index (χ0) is 17.2. The number of rotatable bonds is 5. The summed E-state index contributed by atoms with van der Waals surface area (Å²) in [5, 5.41) is 8.08.